The maximum Gasteiger partial charge on any atom is 0.262 e. The number of methoxy groups -OCH3 is 1. The molecule has 0 aromatic heterocycles. The van der Waals surface area contributed by atoms with E-state index in [1.54, 1.807) is 12.0 Å². The summed E-state index contributed by atoms with van der Waals surface area (Å²) in [5.41, 5.74) is 0.889. The highest BCUT2D eigenvalue weighted by molar-refractivity contribution is 5.79. The molecule has 3 rings (SSSR count). The molecule has 0 saturated carbocycles. The summed E-state index contributed by atoms with van der Waals surface area (Å²) in [7, 11) is 1.59. The molecule has 2 heterocycles. The monoisotopic (exact) mass is 368 g/mol. The second kappa shape index (κ2) is 7.88. The Hall–Kier alpha value is -1.73. The molecule has 0 spiro atoms. The SMILES string of the molecule is CCOC[C@@H]1CC(F)(F)CN1C1CN(C(=O)Cc2cccc(OC)c2)C1. The summed E-state index contributed by atoms with van der Waals surface area (Å²) in [6, 6.07) is 7.13. The molecular weight excluding hydrogens is 342 g/mol. The minimum absolute atomic E-state index is 0.0110. The van der Waals surface area contributed by atoms with Gasteiger partial charge in [-0.1, -0.05) is 12.1 Å². The first-order valence-electron chi connectivity index (χ1n) is 9.04. The quantitative estimate of drug-likeness (QED) is 0.740. The largest absolute Gasteiger partial charge is 0.497 e. The number of benzene rings is 1. The molecule has 0 radical (unpaired) electrons. The number of carbonyl (C=O) groups excluding carboxylic acids is 1. The lowest BCUT2D eigenvalue weighted by atomic mass is 10.0. The van der Waals surface area contributed by atoms with Crippen molar-refractivity contribution in [2.45, 2.75) is 37.8 Å². The Morgan fingerprint density at radius 2 is 2.12 bits per heavy atom. The van der Waals surface area contributed by atoms with Crippen molar-refractivity contribution < 1.29 is 23.0 Å². The van der Waals surface area contributed by atoms with Gasteiger partial charge in [0.25, 0.3) is 5.92 Å². The zero-order valence-electron chi connectivity index (χ0n) is 15.3. The van der Waals surface area contributed by atoms with Crippen LogP contribution in [0.4, 0.5) is 8.78 Å². The summed E-state index contributed by atoms with van der Waals surface area (Å²) >= 11 is 0. The number of hydrogen-bond acceptors (Lipinski definition) is 4. The number of halogens is 2. The van der Waals surface area contributed by atoms with Gasteiger partial charge in [0.1, 0.15) is 5.75 Å². The second-order valence-corrected chi connectivity index (χ2v) is 7.03. The molecule has 7 heteroatoms. The maximum atomic E-state index is 13.8. The van der Waals surface area contributed by atoms with Crippen LogP contribution in [0.2, 0.25) is 0 Å². The van der Waals surface area contributed by atoms with Gasteiger partial charge in [-0.05, 0) is 24.6 Å². The summed E-state index contributed by atoms with van der Waals surface area (Å²) in [6.07, 6.45) is 0.129. The lowest BCUT2D eigenvalue weighted by Gasteiger charge is -2.46. The fourth-order valence-electron chi connectivity index (χ4n) is 3.70. The maximum absolute atomic E-state index is 13.8. The molecule has 1 aromatic rings. The van der Waals surface area contributed by atoms with Crippen LogP contribution < -0.4 is 4.74 Å². The van der Waals surface area contributed by atoms with Gasteiger partial charge in [0.15, 0.2) is 0 Å². The van der Waals surface area contributed by atoms with Crippen molar-refractivity contribution in [2.24, 2.45) is 0 Å². The summed E-state index contributed by atoms with van der Waals surface area (Å²) in [5.74, 6) is -1.94. The first-order chi connectivity index (χ1) is 12.4. The van der Waals surface area contributed by atoms with Crippen molar-refractivity contribution in [1.82, 2.24) is 9.80 Å². The van der Waals surface area contributed by atoms with Gasteiger partial charge in [0.05, 0.1) is 26.7 Å². The van der Waals surface area contributed by atoms with Gasteiger partial charge in [0.2, 0.25) is 5.91 Å². The van der Waals surface area contributed by atoms with Crippen molar-refractivity contribution in [1.29, 1.82) is 0 Å². The molecule has 0 aliphatic carbocycles. The van der Waals surface area contributed by atoms with E-state index in [1.807, 2.05) is 36.1 Å². The van der Waals surface area contributed by atoms with Crippen LogP contribution in [-0.2, 0) is 16.0 Å². The number of ether oxygens (including phenoxy) is 2. The minimum atomic E-state index is -2.67. The van der Waals surface area contributed by atoms with E-state index in [-0.39, 0.29) is 31.0 Å². The normalized spacial score (nSPS) is 23.1. The number of nitrogens with zero attached hydrogens (tertiary/aromatic N) is 2. The van der Waals surface area contributed by atoms with Crippen LogP contribution in [0.25, 0.3) is 0 Å². The van der Waals surface area contributed by atoms with Gasteiger partial charge in [-0.3, -0.25) is 9.69 Å². The molecule has 2 saturated heterocycles. The highest BCUT2D eigenvalue weighted by atomic mass is 19.3. The van der Waals surface area contributed by atoms with Crippen molar-refractivity contribution in [2.75, 3.05) is 40.0 Å². The summed E-state index contributed by atoms with van der Waals surface area (Å²) in [6.45, 7) is 3.46. The predicted octanol–water partition coefficient (Wildman–Crippen LogP) is 2.19. The minimum Gasteiger partial charge on any atom is -0.497 e. The highest BCUT2D eigenvalue weighted by Crippen LogP contribution is 2.35. The van der Waals surface area contributed by atoms with Crippen LogP contribution in [0.3, 0.4) is 0 Å². The van der Waals surface area contributed by atoms with Crippen LogP contribution in [0.15, 0.2) is 24.3 Å². The van der Waals surface area contributed by atoms with Crippen molar-refractivity contribution >= 4 is 5.91 Å². The summed E-state index contributed by atoms with van der Waals surface area (Å²) < 4.78 is 38.2. The topological polar surface area (TPSA) is 42.0 Å². The van der Waals surface area contributed by atoms with Crippen LogP contribution in [-0.4, -0.2) is 73.7 Å². The number of alkyl halides is 2. The number of hydrogen-bond donors (Lipinski definition) is 0. The van der Waals surface area contributed by atoms with E-state index in [2.05, 4.69) is 0 Å². The standard InChI is InChI=1S/C19H26F2N2O3/c1-3-26-12-15-9-19(20,21)13-23(15)16-10-22(11-16)18(24)8-14-5-4-6-17(7-14)25-2/h4-7,15-16H,3,8-13H2,1-2H3/t15-/m0/s1. The summed E-state index contributed by atoms with van der Waals surface area (Å²) in [5, 5.41) is 0. The third kappa shape index (κ3) is 4.32. The van der Waals surface area contributed by atoms with E-state index in [9.17, 15) is 13.6 Å². The number of amides is 1. The van der Waals surface area contributed by atoms with E-state index in [1.165, 1.54) is 0 Å². The average molecular weight is 368 g/mol. The Balaban J connectivity index is 1.53. The van der Waals surface area contributed by atoms with Gasteiger partial charge in [0, 0.05) is 38.2 Å². The molecule has 1 amide bonds. The van der Waals surface area contributed by atoms with Crippen LogP contribution in [0.5, 0.6) is 5.75 Å². The van der Waals surface area contributed by atoms with Crippen LogP contribution >= 0.6 is 0 Å². The zero-order chi connectivity index (χ0) is 18.7. The van der Waals surface area contributed by atoms with Gasteiger partial charge < -0.3 is 14.4 Å². The number of likely N-dealkylation sites (tertiary alicyclic amines) is 2. The van der Waals surface area contributed by atoms with Gasteiger partial charge in [-0.15, -0.1) is 0 Å². The van der Waals surface area contributed by atoms with E-state index in [0.717, 1.165) is 11.3 Å². The number of rotatable bonds is 7. The molecule has 2 aliphatic heterocycles. The molecule has 0 bridgehead atoms. The molecule has 144 valence electrons. The first kappa shape index (κ1) is 19.0. The Morgan fingerprint density at radius 3 is 2.81 bits per heavy atom. The van der Waals surface area contributed by atoms with Gasteiger partial charge in [-0.25, -0.2) is 8.78 Å². The molecule has 2 fully saturated rings. The Labute approximate surface area is 152 Å². The zero-order valence-corrected chi connectivity index (χ0v) is 15.3. The fraction of sp³-hybridized carbons (Fsp3) is 0.632. The Bertz CT molecular complexity index is 635. The highest BCUT2D eigenvalue weighted by Gasteiger charge is 2.50. The molecule has 1 aromatic carbocycles. The lowest BCUT2D eigenvalue weighted by Crippen LogP contribution is -2.62. The van der Waals surface area contributed by atoms with E-state index < -0.39 is 5.92 Å². The van der Waals surface area contributed by atoms with E-state index >= 15 is 0 Å². The molecule has 5 nitrogen and oxygen atoms in total. The first-order valence-corrected chi connectivity index (χ1v) is 9.04. The average Bonchev–Trinajstić information content (AvgIpc) is 2.86. The number of carbonyl (C=O) groups is 1. The lowest BCUT2D eigenvalue weighted by molar-refractivity contribution is -0.138. The smallest absolute Gasteiger partial charge is 0.262 e. The molecule has 0 N–H and O–H groups in total. The molecular formula is C19H26F2N2O3. The third-order valence-corrected chi connectivity index (χ3v) is 5.11. The Morgan fingerprint density at radius 1 is 1.35 bits per heavy atom. The van der Waals surface area contributed by atoms with Gasteiger partial charge in [-0.2, -0.15) is 0 Å². The fourth-order valence-corrected chi connectivity index (χ4v) is 3.70. The summed E-state index contributed by atoms with van der Waals surface area (Å²) in [4.78, 5) is 16.0. The van der Waals surface area contributed by atoms with E-state index in [4.69, 9.17) is 9.47 Å². The Kier molecular flexibility index (Phi) is 5.77. The van der Waals surface area contributed by atoms with Crippen LogP contribution in [0.1, 0.15) is 18.9 Å². The molecule has 1 atom stereocenters. The molecule has 0 unspecified atom stereocenters. The van der Waals surface area contributed by atoms with Crippen molar-refractivity contribution in [3.8, 4) is 5.75 Å². The second-order valence-electron chi connectivity index (χ2n) is 7.03. The van der Waals surface area contributed by atoms with E-state index in [0.29, 0.717) is 32.7 Å². The van der Waals surface area contributed by atoms with Crippen molar-refractivity contribution in [3.05, 3.63) is 29.8 Å². The van der Waals surface area contributed by atoms with Crippen molar-refractivity contribution in [3.63, 3.8) is 0 Å². The molecule has 26 heavy (non-hydrogen) atoms. The predicted molar refractivity (Wildman–Crippen MR) is 93.6 cm³/mol. The molecule has 2 aliphatic rings. The van der Waals surface area contributed by atoms with Crippen LogP contribution in [0, 0.1) is 0 Å². The third-order valence-electron chi connectivity index (χ3n) is 5.11. The van der Waals surface area contributed by atoms with Gasteiger partial charge >= 0.3 is 0 Å².